The molecule has 0 saturated carbocycles. The standard InChI is InChI=1S/C11H13N/c1-3-9-8-12(2)11-7-5-4-6-10(9)11/h3-7,9H,1,8H2,2H3. The molecule has 0 fully saturated rings. The van der Waals surface area contributed by atoms with E-state index in [1.807, 2.05) is 6.08 Å². The Balaban J connectivity index is 2.49. The van der Waals surface area contributed by atoms with Crippen LogP contribution in [0.4, 0.5) is 5.69 Å². The third kappa shape index (κ3) is 0.934. The van der Waals surface area contributed by atoms with Gasteiger partial charge in [0.2, 0.25) is 0 Å². The summed E-state index contributed by atoms with van der Waals surface area (Å²) in [4.78, 5) is 2.28. The van der Waals surface area contributed by atoms with E-state index >= 15 is 0 Å². The molecule has 1 aliphatic heterocycles. The molecule has 0 amide bonds. The largest absolute Gasteiger partial charge is 0.373 e. The first-order valence-corrected chi connectivity index (χ1v) is 4.25. The van der Waals surface area contributed by atoms with Crippen molar-refractivity contribution in [1.82, 2.24) is 0 Å². The van der Waals surface area contributed by atoms with Crippen LogP contribution in [0.1, 0.15) is 11.5 Å². The van der Waals surface area contributed by atoms with Gasteiger partial charge in [0, 0.05) is 25.2 Å². The fraction of sp³-hybridized carbons (Fsp3) is 0.273. The highest BCUT2D eigenvalue weighted by Crippen LogP contribution is 2.35. The molecule has 0 bridgehead atoms. The molecule has 1 heterocycles. The van der Waals surface area contributed by atoms with Gasteiger partial charge < -0.3 is 4.90 Å². The van der Waals surface area contributed by atoms with Crippen LogP contribution in [0.5, 0.6) is 0 Å². The molecule has 0 saturated heterocycles. The van der Waals surface area contributed by atoms with E-state index in [2.05, 4.69) is 42.8 Å². The zero-order chi connectivity index (χ0) is 8.55. The second kappa shape index (κ2) is 2.67. The summed E-state index contributed by atoms with van der Waals surface area (Å²) in [5.41, 5.74) is 2.76. The Morgan fingerprint density at radius 2 is 2.25 bits per heavy atom. The Hall–Kier alpha value is -1.24. The van der Waals surface area contributed by atoms with Gasteiger partial charge >= 0.3 is 0 Å². The smallest absolute Gasteiger partial charge is 0.0403 e. The van der Waals surface area contributed by atoms with Gasteiger partial charge in [-0.25, -0.2) is 0 Å². The van der Waals surface area contributed by atoms with Gasteiger partial charge in [0.05, 0.1) is 0 Å². The van der Waals surface area contributed by atoms with Crippen molar-refractivity contribution in [2.45, 2.75) is 5.92 Å². The van der Waals surface area contributed by atoms with E-state index in [0.717, 1.165) is 6.54 Å². The van der Waals surface area contributed by atoms with Crippen molar-refractivity contribution in [2.24, 2.45) is 0 Å². The molecule has 1 atom stereocenters. The highest BCUT2D eigenvalue weighted by molar-refractivity contribution is 5.60. The molecule has 1 aromatic rings. The van der Waals surface area contributed by atoms with Gasteiger partial charge in [0.25, 0.3) is 0 Å². The lowest BCUT2D eigenvalue weighted by Gasteiger charge is -2.10. The molecule has 0 aromatic heterocycles. The first-order chi connectivity index (χ1) is 5.83. The van der Waals surface area contributed by atoms with Crippen LogP contribution in [0.3, 0.4) is 0 Å². The third-order valence-corrected chi connectivity index (χ3v) is 2.50. The molecule has 1 unspecified atom stereocenters. The second-order valence-electron chi connectivity index (χ2n) is 3.28. The highest BCUT2D eigenvalue weighted by atomic mass is 15.1. The SMILES string of the molecule is C=CC1CN(C)c2ccccc21. The van der Waals surface area contributed by atoms with Gasteiger partial charge in [0.15, 0.2) is 0 Å². The van der Waals surface area contributed by atoms with Crippen molar-refractivity contribution in [3.8, 4) is 0 Å². The number of nitrogens with zero attached hydrogens (tertiary/aromatic N) is 1. The van der Waals surface area contributed by atoms with E-state index in [4.69, 9.17) is 0 Å². The number of likely N-dealkylation sites (N-methyl/N-ethyl adjacent to an activating group) is 1. The number of rotatable bonds is 1. The number of hydrogen-bond acceptors (Lipinski definition) is 1. The number of benzene rings is 1. The zero-order valence-corrected chi connectivity index (χ0v) is 7.33. The summed E-state index contributed by atoms with van der Waals surface area (Å²) < 4.78 is 0. The average Bonchev–Trinajstić information content (AvgIpc) is 2.44. The fourth-order valence-electron chi connectivity index (χ4n) is 1.84. The molecule has 1 aromatic carbocycles. The normalized spacial score (nSPS) is 20.8. The van der Waals surface area contributed by atoms with Gasteiger partial charge in [-0.1, -0.05) is 24.3 Å². The van der Waals surface area contributed by atoms with Crippen LogP contribution in [0, 0.1) is 0 Å². The predicted octanol–water partition coefficient (Wildman–Crippen LogP) is 2.41. The van der Waals surface area contributed by atoms with Crippen LogP contribution in [0.15, 0.2) is 36.9 Å². The molecule has 1 aliphatic rings. The zero-order valence-electron chi connectivity index (χ0n) is 7.33. The van der Waals surface area contributed by atoms with Crippen molar-refractivity contribution in [3.63, 3.8) is 0 Å². The summed E-state index contributed by atoms with van der Waals surface area (Å²) in [7, 11) is 2.13. The Kier molecular flexibility index (Phi) is 1.65. The number of fused-ring (bicyclic) bond motifs is 1. The van der Waals surface area contributed by atoms with Crippen molar-refractivity contribution in [2.75, 3.05) is 18.5 Å². The van der Waals surface area contributed by atoms with E-state index in [1.54, 1.807) is 0 Å². The van der Waals surface area contributed by atoms with Crippen LogP contribution >= 0.6 is 0 Å². The topological polar surface area (TPSA) is 3.24 Å². The summed E-state index contributed by atoms with van der Waals surface area (Å²) in [6, 6.07) is 8.53. The first-order valence-electron chi connectivity index (χ1n) is 4.25. The lowest BCUT2D eigenvalue weighted by molar-refractivity contribution is 0.867. The van der Waals surface area contributed by atoms with Crippen LogP contribution < -0.4 is 4.90 Å². The minimum atomic E-state index is 0.520. The second-order valence-corrected chi connectivity index (χ2v) is 3.28. The van der Waals surface area contributed by atoms with E-state index in [1.165, 1.54) is 11.3 Å². The van der Waals surface area contributed by atoms with Crippen LogP contribution in [-0.4, -0.2) is 13.6 Å². The van der Waals surface area contributed by atoms with Gasteiger partial charge in [-0.15, -0.1) is 6.58 Å². The van der Waals surface area contributed by atoms with Crippen molar-refractivity contribution >= 4 is 5.69 Å². The quantitative estimate of drug-likeness (QED) is 0.569. The number of anilines is 1. The fourth-order valence-corrected chi connectivity index (χ4v) is 1.84. The van der Waals surface area contributed by atoms with E-state index in [9.17, 15) is 0 Å². The molecular formula is C11H13N. The molecular weight excluding hydrogens is 146 g/mol. The molecule has 2 rings (SSSR count). The summed E-state index contributed by atoms with van der Waals surface area (Å²) >= 11 is 0. The number of para-hydroxylation sites is 1. The van der Waals surface area contributed by atoms with Crippen molar-refractivity contribution in [3.05, 3.63) is 42.5 Å². The van der Waals surface area contributed by atoms with Crippen molar-refractivity contribution in [1.29, 1.82) is 0 Å². The van der Waals surface area contributed by atoms with E-state index in [-0.39, 0.29) is 0 Å². The minimum Gasteiger partial charge on any atom is -0.373 e. The molecule has 0 spiro atoms. The molecule has 0 N–H and O–H groups in total. The maximum atomic E-state index is 3.85. The van der Waals surface area contributed by atoms with Gasteiger partial charge in [-0.2, -0.15) is 0 Å². The van der Waals surface area contributed by atoms with Crippen LogP contribution in [0.25, 0.3) is 0 Å². The van der Waals surface area contributed by atoms with Gasteiger partial charge in [0.1, 0.15) is 0 Å². The van der Waals surface area contributed by atoms with E-state index in [0.29, 0.717) is 5.92 Å². The Morgan fingerprint density at radius 3 is 3.00 bits per heavy atom. The van der Waals surface area contributed by atoms with E-state index < -0.39 is 0 Å². The molecule has 1 nitrogen and oxygen atoms in total. The highest BCUT2D eigenvalue weighted by Gasteiger charge is 2.22. The first kappa shape index (κ1) is 7.41. The Labute approximate surface area is 73.3 Å². The average molecular weight is 159 g/mol. The maximum Gasteiger partial charge on any atom is 0.0403 e. The Morgan fingerprint density at radius 1 is 1.50 bits per heavy atom. The maximum absolute atomic E-state index is 3.85. The summed E-state index contributed by atoms with van der Waals surface area (Å²) in [6.07, 6.45) is 2.03. The predicted molar refractivity (Wildman–Crippen MR) is 52.7 cm³/mol. The molecule has 0 aliphatic carbocycles. The summed E-state index contributed by atoms with van der Waals surface area (Å²) in [5.74, 6) is 0.520. The molecule has 1 heteroatoms. The molecule has 62 valence electrons. The monoisotopic (exact) mass is 159 g/mol. The lowest BCUT2D eigenvalue weighted by atomic mass is 10.0. The number of hydrogen-bond donors (Lipinski definition) is 0. The van der Waals surface area contributed by atoms with Crippen molar-refractivity contribution < 1.29 is 0 Å². The van der Waals surface area contributed by atoms with Crippen LogP contribution in [0.2, 0.25) is 0 Å². The lowest BCUT2D eigenvalue weighted by Crippen LogP contribution is -2.14. The Bertz CT molecular complexity index is 304. The summed E-state index contributed by atoms with van der Waals surface area (Å²) in [5, 5.41) is 0. The van der Waals surface area contributed by atoms with Gasteiger partial charge in [-0.05, 0) is 11.6 Å². The summed E-state index contributed by atoms with van der Waals surface area (Å²) in [6.45, 7) is 4.92. The molecule has 12 heavy (non-hydrogen) atoms. The third-order valence-electron chi connectivity index (χ3n) is 2.50. The minimum absolute atomic E-state index is 0.520. The van der Waals surface area contributed by atoms with Gasteiger partial charge in [-0.3, -0.25) is 0 Å². The molecule has 0 radical (unpaired) electrons. The van der Waals surface area contributed by atoms with Crippen LogP contribution in [-0.2, 0) is 0 Å².